The minimum atomic E-state index is -2.89. The predicted octanol–water partition coefficient (Wildman–Crippen LogP) is 1.13. The lowest BCUT2D eigenvalue weighted by molar-refractivity contribution is 0.476. The lowest BCUT2D eigenvalue weighted by Gasteiger charge is -2.22. The maximum Gasteiger partial charge on any atom is 0.193 e. The van der Waals surface area contributed by atoms with Crippen molar-refractivity contribution in [2.24, 2.45) is 4.99 Å². The first-order valence-corrected chi connectivity index (χ1v) is 8.62. The van der Waals surface area contributed by atoms with Gasteiger partial charge >= 0.3 is 0 Å². The van der Waals surface area contributed by atoms with Gasteiger partial charge in [0.05, 0.1) is 5.75 Å². The Balaban J connectivity index is 2.42. The van der Waals surface area contributed by atoms with Gasteiger partial charge in [-0.05, 0) is 12.0 Å². The summed E-state index contributed by atoms with van der Waals surface area (Å²) in [5, 5.41) is 3.17. The van der Waals surface area contributed by atoms with Crippen LogP contribution in [0.15, 0.2) is 35.3 Å². The second kappa shape index (κ2) is 7.89. The van der Waals surface area contributed by atoms with Gasteiger partial charge in [0.2, 0.25) is 0 Å². The van der Waals surface area contributed by atoms with Gasteiger partial charge < -0.3 is 10.2 Å². The summed E-state index contributed by atoms with van der Waals surface area (Å²) in [5.74, 6) is 0.960. The molecule has 0 saturated heterocycles. The standard InChI is InChI=1S/C14H23N3O2S/c1-15-14(16-10-7-11-20(3,18)19)17(2)12-13-8-5-4-6-9-13/h4-6,8-9H,7,10-12H2,1-3H3,(H,15,16). The molecule has 5 nitrogen and oxygen atoms in total. The molecular formula is C14H23N3O2S. The highest BCUT2D eigenvalue weighted by atomic mass is 32.2. The molecule has 0 atom stereocenters. The van der Waals surface area contributed by atoms with Gasteiger partial charge in [-0.25, -0.2) is 8.42 Å². The molecule has 112 valence electrons. The molecule has 0 fully saturated rings. The minimum absolute atomic E-state index is 0.194. The molecule has 1 aromatic carbocycles. The van der Waals surface area contributed by atoms with Gasteiger partial charge in [-0.2, -0.15) is 0 Å². The molecule has 20 heavy (non-hydrogen) atoms. The van der Waals surface area contributed by atoms with Crippen molar-refractivity contribution in [3.8, 4) is 0 Å². The highest BCUT2D eigenvalue weighted by Crippen LogP contribution is 2.02. The summed E-state index contributed by atoms with van der Waals surface area (Å²) in [7, 11) is 0.789. The van der Waals surface area contributed by atoms with Crippen LogP contribution in [0.5, 0.6) is 0 Å². The van der Waals surface area contributed by atoms with Crippen molar-refractivity contribution in [1.29, 1.82) is 0 Å². The van der Waals surface area contributed by atoms with Gasteiger partial charge in [0, 0.05) is 33.4 Å². The highest BCUT2D eigenvalue weighted by molar-refractivity contribution is 7.90. The van der Waals surface area contributed by atoms with E-state index < -0.39 is 9.84 Å². The fraction of sp³-hybridized carbons (Fsp3) is 0.500. The van der Waals surface area contributed by atoms with E-state index in [0.29, 0.717) is 13.0 Å². The third kappa shape index (κ3) is 6.56. The summed E-state index contributed by atoms with van der Waals surface area (Å²) < 4.78 is 22.1. The molecule has 0 unspecified atom stereocenters. The van der Waals surface area contributed by atoms with Gasteiger partial charge in [-0.1, -0.05) is 30.3 Å². The SMILES string of the molecule is CN=C(NCCCS(C)(=O)=O)N(C)Cc1ccccc1. The number of hydrogen-bond donors (Lipinski definition) is 1. The van der Waals surface area contributed by atoms with Crippen molar-refractivity contribution in [1.82, 2.24) is 10.2 Å². The second-order valence-electron chi connectivity index (χ2n) is 4.80. The first kappa shape index (κ1) is 16.5. The molecule has 0 aliphatic carbocycles. The Morgan fingerprint density at radius 3 is 2.50 bits per heavy atom. The summed E-state index contributed by atoms with van der Waals surface area (Å²) in [5.41, 5.74) is 1.20. The van der Waals surface area contributed by atoms with Crippen molar-refractivity contribution in [2.45, 2.75) is 13.0 Å². The number of hydrogen-bond acceptors (Lipinski definition) is 3. The molecule has 0 aromatic heterocycles. The Kier molecular flexibility index (Phi) is 6.51. The Labute approximate surface area is 121 Å². The van der Waals surface area contributed by atoms with Crippen LogP contribution in [-0.2, 0) is 16.4 Å². The lowest BCUT2D eigenvalue weighted by atomic mass is 10.2. The van der Waals surface area contributed by atoms with Gasteiger partial charge in [0.1, 0.15) is 9.84 Å². The third-order valence-electron chi connectivity index (χ3n) is 2.81. The van der Waals surface area contributed by atoms with Crippen LogP contribution in [0, 0.1) is 0 Å². The van der Waals surface area contributed by atoms with Crippen LogP contribution in [0.25, 0.3) is 0 Å². The molecule has 1 aromatic rings. The number of guanidine groups is 1. The Hall–Kier alpha value is -1.56. The van der Waals surface area contributed by atoms with E-state index in [4.69, 9.17) is 0 Å². The van der Waals surface area contributed by atoms with E-state index >= 15 is 0 Å². The monoisotopic (exact) mass is 297 g/mol. The molecule has 0 spiro atoms. The summed E-state index contributed by atoms with van der Waals surface area (Å²) in [6.07, 6.45) is 1.83. The minimum Gasteiger partial charge on any atom is -0.356 e. The maximum atomic E-state index is 11.1. The number of benzene rings is 1. The summed E-state index contributed by atoms with van der Waals surface area (Å²) in [4.78, 5) is 6.21. The molecule has 0 amide bonds. The molecular weight excluding hydrogens is 274 g/mol. The molecule has 1 N–H and O–H groups in total. The first-order valence-electron chi connectivity index (χ1n) is 6.56. The third-order valence-corrected chi connectivity index (χ3v) is 3.84. The predicted molar refractivity (Wildman–Crippen MR) is 83.6 cm³/mol. The Bertz CT molecular complexity index is 527. The van der Waals surface area contributed by atoms with Gasteiger partial charge in [-0.3, -0.25) is 4.99 Å². The van der Waals surface area contributed by atoms with Crippen LogP contribution >= 0.6 is 0 Å². The fourth-order valence-corrected chi connectivity index (χ4v) is 2.52. The van der Waals surface area contributed by atoms with E-state index in [1.165, 1.54) is 11.8 Å². The number of nitrogens with zero attached hydrogens (tertiary/aromatic N) is 2. The van der Waals surface area contributed by atoms with Crippen molar-refractivity contribution in [2.75, 3.05) is 32.6 Å². The van der Waals surface area contributed by atoms with Crippen LogP contribution in [0.1, 0.15) is 12.0 Å². The fourth-order valence-electron chi connectivity index (χ4n) is 1.85. The molecule has 1 rings (SSSR count). The van der Waals surface area contributed by atoms with Crippen LogP contribution < -0.4 is 5.32 Å². The van der Waals surface area contributed by atoms with Crippen LogP contribution in [0.3, 0.4) is 0 Å². The van der Waals surface area contributed by atoms with Crippen LogP contribution in [0.4, 0.5) is 0 Å². The average molecular weight is 297 g/mol. The highest BCUT2D eigenvalue weighted by Gasteiger charge is 2.07. The molecule has 0 bridgehead atoms. The van der Waals surface area contributed by atoms with E-state index in [0.717, 1.165) is 12.5 Å². The van der Waals surface area contributed by atoms with Crippen molar-refractivity contribution in [3.05, 3.63) is 35.9 Å². The zero-order valence-corrected chi connectivity index (χ0v) is 13.2. The normalized spacial score (nSPS) is 12.2. The molecule has 0 radical (unpaired) electrons. The Morgan fingerprint density at radius 1 is 1.30 bits per heavy atom. The smallest absolute Gasteiger partial charge is 0.193 e. The maximum absolute atomic E-state index is 11.1. The van der Waals surface area contributed by atoms with Gasteiger partial charge in [0.15, 0.2) is 5.96 Å². The quantitative estimate of drug-likeness (QED) is 0.486. The average Bonchev–Trinajstić information content (AvgIpc) is 2.38. The zero-order chi connectivity index (χ0) is 15.0. The van der Waals surface area contributed by atoms with Gasteiger partial charge in [-0.15, -0.1) is 0 Å². The summed E-state index contributed by atoms with van der Waals surface area (Å²) in [6.45, 7) is 1.35. The van der Waals surface area contributed by atoms with E-state index in [9.17, 15) is 8.42 Å². The Morgan fingerprint density at radius 2 is 1.95 bits per heavy atom. The van der Waals surface area contributed by atoms with Crippen LogP contribution in [0.2, 0.25) is 0 Å². The number of sulfone groups is 1. The number of aliphatic imine (C=N–C) groups is 1. The number of nitrogens with one attached hydrogen (secondary N) is 1. The van der Waals surface area contributed by atoms with Crippen molar-refractivity contribution >= 4 is 15.8 Å². The molecule has 0 aliphatic rings. The zero-order valence-electron chi connectivity index (χ0n) is 12.3. The second-order valence-corrected chi connectivity index (χ2v) is 7.06. The lowest BCUT2D eigenvalue weighted by Crippen LogP contribution is -2.39. The summed E-state index contributed by atoms with van der Waals surface area (Å²) >= 11 is 0. The first-order chi connectivity index (χ1) is 9.42. The largest absolute Gasteiger partial charge is 0.356 e. The van der Waals surface area contributed by atoms with Gasteiger partial charge in [0.25, 0.3) is 0 Å². The van der Waals surface area contributed by atoms with E-state index in [2.05, 4.69) is 22.4 Å². The van der Waals surface area contributed by atoms with Crippen molar-refractivity contribution < 1.29 is 8.42 Å². The molecule has 6 heteroatoms. The van der Waals surface area contributed by atoms with E-state index in [1.807, 2.05) is 30.1 Å². The summed E-state index contributed by atoms with van der Waals surface area (Å²) in [6, 6.07) is 10.1. The topological polar surface area (TPSA) is 61.8 Å². The van der Waals surface area contributed by atoms with Crippen molar-refractivity contribution in [3.63, 3.8) is 0 Å². The van der Waals surface area contributed by atoms with E-state index in [1.54, 1.807) is 7.05 Å². The van der Waals surface area contributed by atoms with E-state index in [-0.39, 0.29) is 5.75 Å². The molecule has 0 saturated carbocycles. The van der Waals surface area contributed by atoms with Crippen LogP contribution in [-0.4, -0.2) is 51.9 Å². The number of rotatable bonds is 6. The molecule has 0 heterocycles. The molecule has 0 aliphatic heterocycles.